The molecule has 12 heteroatoms. The van der Waals surface area contributed by atoms with E-state index in [0.717, 1.165) is 47.2 Å². The predicted molar refractivity (Wildman–Crippen MR) is 133 cm³/mol. The number of carbonyl (C=O) groups is 1. The molecule has 5 rings (SSSR count). The van der Waals surface area contributed by atoms with Crippen LogP contribution < -0.4 is 10.6 Å². The highest BCUT2D eigenvalue weighted by Crippen LogP contribution is 2.44. The molecule has 0 saturated heterocycles. The summed E-state index contributed by atoms with van der Waals surface area (Å²) in [7, 11) is 0. The van der Waals surface area contributed by atoms with Crippen LogP contribution in [0.3, 0.4) is 0 Å². The molecule has 0 unspecified atom stereocenters. The molecule has 36 heavy (non-hydrogen) atoms. The Balaban J connectivity index is 1.45. The fourth-order valence-electron chi connectivity index (χ4n) is 4.75. The predicted octanol–water partition coefficient (Wildman–Crippen LogP) is 7.30. The Labute approximate surface area is 219 Å². The Morgan fingerprint density at radius 3 is 2.69 bits per heavy atom. The monoisotopic (exact) mass is 553 g/mol. The molecule has 1 aliphatic carbocycles. The molecular formula is C24H20Cl2F3N5OS. The first-order valence-electron chi connectivity index (χ1n) is 11.4. The van der Waals surface area contributed by atoms with E-state index in [9.17, 15) is 23.2 Å². The minimum Gasteiger partial charge on any atom is -0.363 e. The van der Waals surface area contributed by atoms with Crippen molar-refractivity contribution in [2.45, 2.75) is 56.8 Å². The van der Waals surface area contributed by atoms with E-state index < -0.39 is 24.2 Å². The molecule has 188 valence electrons. The van der Waals surface area contributed by atoms with Gasteiger partial charge in [-0.25, -0.2) is 4.68 Å². The van der Waals surface area contributed by atoms with E-state index in [-0.39, 0.29) is 23.0 Å². The lowest BCUT2D eigenvalue weighted by Crippen LogP contribution is -2.35. The molecular weight excluding hydrogens is 534 g/mol. The number of nitrogens with one attached hydrogen (secondary N) is 2. The lowest BCUT2D eigenvalue weighted by molar-refractivity contribution is -0.173. The van der Waals surface area contributed by atoms with Gasteiger partial charge in [0.25, 0.3) is 5.91 Å². The van der Waals surface area contributed by atoms with Crippen LogP contribution in [-0.2, 0) is 12.8 Å². The van der Waals surface area contributed by atoms with Crippen molar-refractivity contribution in [2.24, 2.45) is 0 Å². The summed E-state index contributed by atoms with van der Waals surface area (Å²) in [5.41, 5.74) is 1.76. The molecule has 2 aliphatic rings. The van der Waals surface area contributed by atoms with Gasteiger partial charge in [-0.2, -0.15) is 23.5 Å². The number of carbonyl (C=O) groups excluding carboxylic acids is 1. The molecule has 1 aliphatic heterocycles. The van der Waals surface area contributed by atoms with E-state index >= 15 is 0 Å². The fourth-order valence-corrected chi connectivity index (χ4v) is 6.29. The number of amides is 1. The number of fused-ring (bicyclic) bond motifs is 2. The highest BCUT2D eigenvalue weighted by atomic mass is 35.5. The first-order valence-corrected chi connectivity index (χ1v) is 13.0. The normalized spacial score (nSPS) is 19.4. The summed E-state index contributed by atoms with van der Waals surface area (Å²) >= 11 is 13.4. The van der Waals surface area contributed by atoms with E-state index in [1.54, 1.807) is 6.07 Å². The van der Waals surface area contributed by atoms with Crippen molar-refractivity contribution < 1.29 is 18.0 Å². The molecule has 0 bridgehead atoms. The number of aryl methyl sites for hydroxylation is 1. The average Bonchev–Trinajstić information content (AvgIpc) is 3.32. The summed E-state index contributed by atoms with van der Waals surface area (Å²) in [6, 6.07) is 5.49. The van der Waals surface area contributed by atoms with Crippen molar-refractivity contribution in [1.82, 2.24) is 9.78 Å². The van der Waals surface area contributed by atoms with Crippen molar-refractivity contribution in [3.05, 3.63) is 61.6 Å². The summed E-state index contributed by atoms with van der Waals surface area (Å²) in [5.74, 6) is -0.606. The van der Waals surface area contributed by atoms with Crippen molar-refractivity contribution in [2.75, 3.05) is 10.6 Å². The molecule has 3 heterocycles. The molecule has 2 N–H and O–H groups in total. The Bertz CT molecular complexity index is 1380. The van der Waals surface area contributed by atoms with E-state index in [4.69, 9.17) is 23.2 Å². The van der Waals surface area contributed by atoms with Crippen LogP contribution in [0.15, 0.2) is 24.3 Å². The largest absolute Gasteiger partial charge is 0.410 e. The van der Waals surface area contributed by atoms with Crippen molar-refractivity contribution in [3.63, 3.8) is 0 Å². The van der Waals surface area contributed by atoms with Gasteiger partial charge in [0.2, 0.25) is 0 Å². The number of halogens is 5. The van der Waals surface area contributed by atoms with Crippen molar-refractivity contribution in [1.29, 1.82) is 5.26 Å². The maximum Gasteiger partial charge on any atom is 0.410 e. The zero-order valence-corrected chi connectivity index (χ0v) is 21.1. The smallest absolute Gasteiger partial charge is 0.363 e. The molecule has 0 saturated carbocycles. The molecule has 1 aromatic carbocycles. The summed E-state index contributed by atoms with van der Waals surface area (Å²) in [6.07, 6.45) is -0.232. The summed E-state index contributed by atoms with van der Waals surface area (Å²) in [6.45, 7) is 0. The van der Waals surface area contributed by atoms with Gasteiger partial charge in [0.05, 0.1) is 21.7 Å². The van der Waals surface area contributed by atoms with Gasteiger partial charge >= 0.3 is 6.18 Å². The van der Waals surface area contributed by atoms with E-state index in [0.29, 0.717) is 21.2 Å². The average molecular weight is 554 g/mol. The first kappa shape index (κ1) is 24.9. The third kappa shape index (κ3) is 4.67. The minimum absolute atomic E-state index is 0.0623. The Hall–Kier alpha value is -2.74. The second-order valence-electron chi connectivity index (χ2n) is 8.86. The zero-order valence-electron chi connectivity index (χ0n) is 18.8. The Kier molecular flexibility index (Phi) is 6.66. The molecule has 1 amide bonds. The van der Waals surface area contributed by atoms with Gasteiger partial charge in [0, 0.05) is 17.4 Å². The molecule has 2 atom stereocenters. The summed E-state index contributed by atoms with van der Waals surface area (Å²) in [4.78, 5) is 14.1. The highest BCUT2D eigenvalue weighted by molar-refractivity contribution is 7.16. The lowest BCUT2D eigenvalue weighted by atomic mass is 9.97. The quantitative estimate of drug-likeness (QED) is 0.333. The van der Waals surface area contributed by atoms with Gasteiger partial charge in [0.1, 0.15) is 16.9 Å². The number of nitrogens with zero attached hydrogens (tertiary/aromatic N) is 3. The maximum atomic E-state index is 14.0. The third-order valence-electron chi connectivity index (χ3n) is 6.53. The zero-order chi connectivity index (χ0) is 25.6. The first-order chi connectivity index (χ1) is 17.2. The maximum absolute atomic E-state index is 14.0. The fraction of sp³-hybridized carbons (Fsp3) is 0.375. The van der Waals surface area contributed by atoms with E-state index in [2.05, 4.69) is 21.8 Å². The van der Waals surface area contributed by atoms with Crippen LogP contribution in [0, 0.1) is 11.3 Å². The number of benzene rings is 1. The standard InChI is InChI=1S/C24H20Cl2F3N5OS/c25-15-7-6-12(8-16(15)26)17-9-20(24(27,28)29)34-21(31-17)10-18(33-34)22(35)32-23-14(11-30)13-4-2-1-3-5-19(13)36-23/h6-8,10,17,20,31H,1-5,9H2,(H,32,35)/t17-,20-/m0/s1. The Morgan fingerprint density at radius 1 is 1.19 bits per heavy atom. The summed E-state index contributed by atoms with van der Waals surface area (Å²) in [5, 5.41) is 20.4. The third-order valence-corrected chi connectivity index (χ3v) is 8.47. The minimum atomic E-state index is -4.59. The van der Waals surface area contributed by atoms with Crippen molar-refractivity contribution in [3.8, 4) is 6.07 Å². The van der Waals surface area contributed by atoms with Crippen molar-refractivity contribution >= 4 is 51.3 Å². The molecule has 0 spiro atoms. The Morgan fingerprint density at radius 2 is 1.97 bits per heavy atom. The number of aromatic nitrogens is 2. The van der Waals surface area contributed by atoms with Crippen LogP contribution in [0.5, 0.6) is 0 Å². The number of anilines is 2. The van der Waals surface area contributed by atoms with Crippen LogP contribution in [0.2, 0.25) is 10.0 Å². The molecule has 3 aromatic rings. The van der Waals surface area contributed by atoms with Gasteiger partial charge in [-0.1, -0.05) is 35.7 Å². The van der Waals surface area contributed by atoms with Crippen LogP contribution in [0.25, 0.3) is 0 Å². The van der Waals surface area contributed by atoms with Crippen LogP contribution in [0.1, 0.15) is 69.8 Å². The number of alkyl halides is 3. The van der Waals surface area contributed by atoms with E-state index in [1.807, 2.05) is 0 Å². The van der Waals surface area contributed by atoms with E-state index in [1.165, 1.54) is 29.5 Å². The number of nitriles is 1. The molecule has 2 aromatic heterocycles. The SMILES string of the molecule is N#Cc1c(NC(=O)c2cc3n(n2)[C@H](C(F)(F)F)C[C@@H](c2ccc(Cl)c(Cl)c2)N3)sc2c1CCCCC2. The number of hydrogen-bond acceptors (Lipinski definition) is 5. The topological polar surface area (TPSA) is 82.7 Å². The highest BCUT2D eigenvalue weighted by Gasteiger charge is 2.47. The van der Waals surface area contributed by atoms with Gasteiger partial charge in [0.15, 0.2) is 11.7 Å². The van der Waals surface area contributed by atoms with Crippen LogP contribution in [0.4, 0.5) is 24.0 Å². The molecule has 0 fully saturated rings. The van der Waals surface area contributed by atoms with Crippen LogP contribution in [-0.4, -0.2) is 21.9 Å². The van der Waals surface area contributed by atoms with Crippen LogP contribution >= 0.6 is 34.5 Å². The second-order valence-corrected chi connectivity index (χ2v) is 10.8. The lowest BCUT2D eigenvalue weighted by Gasteiger charge is -2.33. The summed E-state index contributed by atoms with van der Waals surface area (Å²) < 4.78 is 42.8. The number of thiophene rings is 1. The van der Waals surface area contributed by atoms with Gasteiger partial charge in [-0.3, -0.25) is 4.79 Å². The molecule has 6 nitrogen and oxygen atoms in total. The van der Waals surface area contributed by atoms with Gasteiger partial charge in [-0.15, -0.1) is 11.3 Å². The molecule has 0 radical (unpaired) electrons. The number of hydrogen-bond donors (Lipinski definition) is 2. The van der Waals surface area contributed by atoms with Gasteiger partial charge in [-0.05, 0) is 48.9 Å². The van der Waals surface area contributed by atoms with Gasteiger partial charge < -0.3 is 10.6 Å². The second kappa shape index (κ2) is 9.61. The number of rotatable bonds is 3.